The molecule has 0 radical (unpaired) electrons. The molecule has 3 aliphatic carbocycles. The molecular formula is C75H101Cl2N12O21PS2. The van der Waals surface area contributed by atoms with Gasteiger partial charge in [-0.15, -0.1) is 23.2 Å². The molecule has 2 aromatic heterocycles. The molecule has 38 heteroatoms. The molecule has 11 rings (SSSR count). The average Bonchev–Trinajstić information content (AvgIpc) is 1.57. The number of nitrogens with two attached hydrogens (primary N) is 1. The van der Waals surface area contributed by atoms with Gasteiger partial charge in [0.2, 0.25) is 41.4 Å². The molecule has 33 nitrogen and oxygen atoms in total. The number of hydrogen-bond donors (Lipinski definition) is 9. The number of likely N-dealkylation sites (tertiary alicyclic amines) is 1. The number of ether oxygens (including phenoxy) is 8. The number of primary amides is 1. The number of nitrogens with zero attached hydrogens (tertiary/aromatic N) is 5. The van der Waals surface area contributed by atoms with Gasteiger partial charge in [0.25, 0.3) is 5.17 Å². The number of aromatic nitrogens is 2. The van der Waals surface area contributed by atoms with Crippen LogP contribution in [0, 0.1) is 30.6 Å². The molecule has 1 saturated heterocycles. The first-order chi connectivity index (χ1) is 54.0. The maximum absolute atomic E-state index is 15.0. The minimum atomic E-state index is -4.99. The monoisotopic (exact) mass is 1670 g/mol. The summed E-state index contributed by atoms with van der Waals surface area (Å²) in [5.74, 6) is -2.46. The molecule has 1 unspecified atom stereocenters. The van der Waals surface area contributed by atoms with Gasteiger partial charge in [0.15, 0.2) is 11.5 Å². The Morgan fingerprint density at radius 3 is 1.73 bits per heavy atom. The molecule has 10 amide bonds. The van der Waals surface area contributed by atoms with Gasteiger partial charge in [-0.2, -0.15) is 11.8 Å². The van der Waals surface area contributed by atoms with Gasteiger partial charge in [-0.25, -0.2) is 14.2 Å². The third kappa shape index (κ3) is 21.4. The van der Waals surface area contributed by atoms with Crippen molar-refractivity contribution in [3.05, 3.63) is 76.6 Å². The van der Waals surface area contributed by atoms with Crippen molar-refractivity contribution in [2.45, 2.75) is 108 Å². The predicted molar refractivity (Wildman–Crippen MR) is 427 cm³/mol. The Kier molecular flexibility index (Phi) is 30.7. The highest BCUT2D eigenvalue weighted by Crippen LogP contribution is 2.75. The summed E-state index contributed by atoms with van der Waals surface area (Å²) in [5.41, 5.74) is 10.1. The molecule has 5 heterocycles. The zero-order chi connectivity index (χ0) is 81.5. The van der Waals surface area contributed by atoms with Crippen molar-refractivity contribution in [1.82, 2.24) is 40.6 Å². The fourth-order valence-corrected chi connectivity index (χ4v) is 16.7. The van der Waals surface area contributed by atoms with Crippen LogP contribution in [0.4, 0.5) is 26.7 Å². The van der Waals surface area contributed by atoms with Gasteiger partial charge < -0.3 is 99.0 Å². The number of thioether (sulfide) groups is 1. The normalized spacial score (nSPS) is 19.4. The number of H-pyrrole nitrogens is 2. The lowest BCUT2D eigenvalue weighted by Gasteiger charge is -2.69. The van der Waals surface area contributed by atoms with Crippen LogP contribution in [-0.4, -0.2) is 261 Å². The Bertz CT molecular complexity index is 4320. The molecule has 3 saturated carbocycles. The van der Waals surface area contributed by atoms with Crippen LogP contribution in [0.15, 0.2) is 48.8 Å². The number of urea groups is 1. The number of nitrogens with one attached hydrogen (secondary N) is 6. The number of phosphoric acid groups is 1. The van der Waals surface area contributed by atoms with Gasteiger partial charge in [-0.3, -0.25) is 48.2 Å². The molecule has 3 aliphatic heterocycles. The second-order valence-corrected chi connectivity index (χ2v) is 32.4. The lowest BCUT2D eigenvalue weighted by atomic mass is 9.34. The van der Waals surface area contributed by atoms with Crippen molar-refractivity contribution in [3.63, 3.8) is 0 Å². The van der Waals surface area contributed by atoms with Crippen LogP contribution in [-0.2, 0) is 77.9 Å². The number of halogens is 2. The standard InChI is InChI=1S/C75H101Cl2N12O21PS2/c1-44(2)63(84-57(90)14-19-102-21-23-104-25-27-106-29-30-107-28-26-105-24-22-103-20-18-87-58(91)33-56(113-7)68(87)94)67(93)83-51(9-8-15-79-71(78)97)66(92)82-50-12-10-47(11-13-50)40-108-72(98)85(5)16-17-86(6)73(112)109-54-31-52-61(59-45(3)36-80-64(54)59)48(34-76)38-88(52)69(95)74-41-75(42-74,43-74)70(96)89-39-49(35-77)62-53(89)32-55(110-111(99,100)101)65-60(62)46(4)37-81-65/h10-13,31-32,36-37,44,48-49,51,56,63,80-81H,8-9,14-30,33-35,38-43H2,1-7H3,(H,82,92)(H,83,93)(H,84,90)(H3,78,79,97)(H2,99,100,101)/t48-,49-,51+,56?,63+,74?,75?/m1/s1. The molecule has 113 heavy (non-hydrogen) atoms. The number of carbonyl (C=O) groups is 9. The first-order valence-corrected chi connectivity index (χ1v) is 41.8. The minimum absolute atomic E-state index is 0.0517. The van der Waals surface area contributed by atoms with E-state index in [1.165, 1.54) is 27.6 Å². The smallest absolute Gasteiger partial charge is 0.445 e. The first kappa shape index (κ1) is 87.5. The van der Waals surface area contributed by atoms with Gasteiger partial charge in [-0.1, -0.05) is 26.0 Å². The molecule has 4 fully saturated rings. The summed E-state index contributed by atoms with van der Waals surface area (Å²) in [6.45, 7) is 12.0. The van der Waals surface area contributed by atoms with E-state index in [0.29, 0.717) is 123 Å². The van der Waals surface area contributed by atoms with Gasteiger partial charge in [0, 0.05) is 124 Å². The van der Waals surface area contributed by atoms with Gasteiger partial charge in [0.05, 0.1) is 124 Å². The van der Waals surface area contributed by atoms with Crippen LogP contribution in [0.2, 0.25) is 0 Å². The SMILES string of the molecule is CSC1CC(=O)N(CCOCCOCCOCCOCCOCCOCCC(=O)N[C@H](C(=O)N[C@@H](CCCNC(N)=O)C(=O)Nc2ccc(COC(=O)N(C)CCN(C)C(=S)Oc3cc4c(c5c(C)c[nH]c35)[C@H](CCl)CN4C(=O)C34CC(C(=O)N5C[C@@H](CCl)c6c5cc(OP(=O)(O)O)c5[nH]cc(C)c65)(C3)C4)cc2)C(C)C)C1=O. The van der Waals surface area contributed by atoms with Crippen molar-refractivity contribution < 1.29 is 99.9 Å². The Balaban J connectivity index is 0.623. The number of carbonyl (C=O) groups excluding carboxylic acids is 9. The van der Waals surface area contributed by atoms with E-state index in [-0.39, 0.29) is 161 Å². The van der Waals surface area contributed by atoms with Crippen molar-refractivity contribution >= 4 is 153 Å². The van der Waals surface area contributed by atoms with E-state index in [0.717, 1.165) is 27.6 Å². The lowest BCUT2D eigenvalue weighted by Crippen LogP contribution is -2.73. The molecule has 5 aromatic rings. The fraction of sp³-hybridized carbons (Fsp3) is 0.573. The van der Waals surface area contributed by atoms with Gasteiger partial charge in [0.1, 0.15) is 18.7 Å². The van der Waals surface area contributed by atoms with Crippen LogP contribution in [0.1, 0.15) is 98.4 Å². The highest BCUT2D eigenvalue weighted by Gasteiger charge is 2.76. The minimum Gasteiger partial charge on any atom is -0.445 e. The number of aromatic amines is 2. The lowest BCUT2D eigenvalue weighted by molar-refractivity contribution is -0.205. The van der Waals surface area contributed by atoms with Gasteiger partial charge in [-0.05, 0) is 110 Å². The zero-order valence-electron chi connectivity index (χ0n) is 64.4. The Hall–Kier alpha value is -7.90. The Morgan fingerprint density at radius 2 is 1.23 bits per heavy atom. The number of rotatable bonds is 44. The number of anilines is 3. The molecule has 6 aliphatic rings. The summed E-state index contributed by atoms with van der Waals surface area (Å²) in [5, 5.41) is 12.1. The van der Waals surface area contributed by atoms with Crippen molar-refractivity contribution in [2.75, 3.05) is 166 Å². The number of thiocarbonyl (C=S) groups is 1. The second-order valence-electron chi connectivity index (χ2n) is 29.2. The number of hydrogen-bond acceptors (Lipinski definition) is 21. The van der Waals surface area contributed by atoms with E-state index in [4.69, 9.17) is 83.6 Å². The molecule has 0 spiro atoms. The Morgan fingerprint density at radius 1 is 0.726 bits per heavy atom. The number of imide groups is 1. The summed E-state index contributed by atoms with van der Waals surface area (Å²) in [6.07, 6.45) is 6.20. The van der Waals surface area contributed by atoms with E-state index < -0.39 is 60.6 Å². The highest BCUT2D eigenvalue weighted by molar-refractivity contribution is 8.00. The molecule has 618 valence electrons. The molecule has 5 atom stereocenters. The Labute approximate surface area is 674 Å². The summed E-state index contributed by atoms with van der Waals surface area (Å²) in [7, 11) is -1.69. The van der Waals surface area contributed by atoms with Crippen LogP contribution >= 0.6 is 55.0 Å². The van der Waals surface area contributed by atoms with Crippen molar-refractivity contribution in [3.8, 4) is 11.5 Å². The quantitative estimate of drug-likeness (QED) is 0.00636. The summed E-state index contributed by atoms with van der Waals surface area (Å²) >= 11 is 20.5. The maximum Gasteiger partial charge on any atom is 0.524 e. The largest absolute Gasteiger partial charge is 0.524 e. The fourth-order valence-electron chi connectivity index (χ4n) is 15.0. The zero-order valence-corrected chi connectivity index (χ0v) is 68.4. The number of amides is 10. The summed E-state index contributed by atoms with van der Waals surface area (Å²) < 4.78 is 62.5. The van der Waals surface area contributed by atoms with Crippen LogP contribution < -0.4 is 46.1 Å². The molecule has 10 N–H and O–H groups in total. The maximum atomic E-state index is 15.0. The van der Waals surface area contributed by atoms with Gasteiger partial charge >= 0.3 is 19.9 Å². The first-order valence-electron chi connectivity index (χ1n) is 37.5. The number of phosphoric ester groups is 1. The summed E-state index contributed by atoms with van der Waals surface area (Å²) in [6, 6.07) is 6.96. The van der Waals surface area contributed by atoms with E-state index >= 15 is 4.79 Å². The number of likely N-dealkylation sites (N-methyl/N-ethyl adjacent to an activating group) is 2. The van der Waals surface area contributed by atoms with E-state index in [1.54, 1.807) is 79.2 Å². The number of alkyl halides is 2. The third-order valence-electron chi connectivity index (χ3n) is 20.8. The third-order valence-corrected chi connectivity index (χ3v) is 23.3. The topological polar surface area (TPSA) is 416 Å². The van der Waals surface area contributed by atoms with Crippen LogP contribution in [0.3, 0.4) is 0 Å². The molecular weight excluding hydrogens is 1570 g/mol. The number of fused-ring (bicyclic) bond motifs is 6. The van der Waals surface area contributed by atoms with E-state index in [2.05, 4.69) is 31.2 Å². The average molecular weight is 1670 g/mol. The molecule has 2 bridgehead atoms. The predicted octanol–water partition coefficient (Wildman–Crippen LogP) is 6.80. The summed E-state index contributed by atoms with van der Waals surface area (Å²) in [4.78, 5) is 153. The molecule has 3 aromatic carbocycles. The van der Waals surface area contributed by atoms with E-state index in [1.807, 2.05) is 26.3 Å². The van der Waals surface area contributed by atoms with E-state index in [9.17, 15) is 52.7 Å². The van der Waals surface area contributed by atoms with Crippen molar-refractivity contribution in [1.29, 1.82) is 0 Å². The highest BCUT2D eigenvalue weighted by atomic mass is 35.5. The number of aryl methyl sites for hydroxylation is 2. The second kappa shape index (κ2) is 39.6. The van der Waals surface area contributed by atoms with Crippen LogP contribution in [0.5, 0.6) is 11.5 Å². The van der Waals surface area contributed by atoms with Crippen LogP contribution in [0.25, 0.3) is 21.8 Å². The van der Waals surface area contributed by atoms with Crippen molar-refractivity contribution in [2.24, 2.45) is 22.5 Å². The number of benzene rings is 3.